The molecule has 0 bridgehead atoms. The molecule has 0 saturated carbocycles. The number of carbonyl (C=O) groups is 2. The Labute approximate surface area is 108 Å². The van der Waals surface area contributed by atoms with Gasteiger partial charge in [0.05, 0.1) is 0 Å². The van der Waals surface area contributed by atoms with Gasteiger partial charge >= 0.3 is 0 Å². The number of hydrogen-bond acceptors (Lipinski definition) is 4. The van der Waals surface area contributed by atoms with Crippen LogP contribution in [0.2, 0.25) is 0 Å². The minimum Gasteiger partial charge on any atom is -0.319 e. The first kappa shape index (κ1) is 14.1. The highest BCUT2D eigenvalue weighted by atomic mass is 32.2. The third-order valence-corrected chi connectivity index (χ3v) is 4.41. The van der Waals surface area contributed by atoms with E-state index in [1.54, 1.807) is 12.5 Å². The first-order valence-electron chi connectivity index (χ1n) is 4.75. The molecule has 0 aromatic heterocycles. The summed E-state index contributed by atoms with van der Waals surface area (Å²) in [6.07, 6.45) is 3.54. The van der Waals surface area contributed by atoms with Crippen molar-refractivity contribution >= 4 is 40.9 Å². The third-order valence-electron chi connectivity index (χ3n) is 1.97. The van der Waals surface area contributed by atoms with Gasteiger partial charge < -0.3 is 5.32 Å². The Balaban J connectivity index is 2.66. The molecule has 0 saturated heterocycles. The molecule has 0 fully saturated rings. The zero-order valence-corrected chi connectivity index (χ0v) is 11.0. The second-order valence-electron chi connectivity index (χ2n) is 3.13. The number of Topliss-reactive ketones (excluding diaryl/α,β-unsaturated/α-hetero) is 1. The number of thioether (sulfide) groups is 2. The van der Waals surface area contributed by atoms with Crippen molar-refractivity contribution in [1.82, 2.24) is 0 Å². The van der Waals surface area contributed by atoms with Crippen molar-refractivity contribution in [3.63, 3.8) is 0 Å². The van der Waals surface area contributed by atoms with Crippen molar-refractivity contribution in [3.05, 3.63) is 30.1 Å². The Bertz CT molecular complexity index is 404. The molecule has 0 aliphatic heterocycles. The van der Waals surface area contributed by atoms with E-state index in [2.05, 4.69) is 5.32 Å². The fraction of sp³-hybridized carbons (Fsp3) is 0.273. The molecule has 17 heavy (non-hydrogen) atoms. The molecule has 1 amide bonds. The average Bonchev–Trinajstić information content (AvgIpc) is 2.33. The van der Waals surface area contributed by atoms with Crippen LogP contribution >= 0.6 is 23.5 Å². The molecule has 92 valence electrons. The molecule has 0 unspecified atom stereocenters. The lowest BCUT2D eigenvalue weighted by Crippen LogP contribution is -2.29. The Morgan fingerprint density at radius 2 is 1.71 bits per heavy atom. The second kappa shape index (κ2) is 6.66. The number of halogens is 1. The summed E-state index contributed by atoms with van der Waals surface area (Å²) in [6, 6.07) is 5.27. The smallest absolute Gasteiger partial charge is 0.293 e. The van der Waals surface area contributed by atoms with E-state index in [0.717, 1.165) is 0 Å². The number of ketones is 1. The number of nitrogens with one attached hydrogen (secondary N) is 1. The highest BCUT2D eigenvalue weighted by molar-refractivity contribution is 8.17. The zero-order valence-electron chi connectivity index (χ0n) is 9.40. The molecule has 1 aromatic carbocycles. The number of amides is 1. The van der Waals surface area contributed by atoms with Crippen molar-refractivity contribution in [1.29, 1.82) is 0 Å². The quantitative estimate of drug-likeness (QED) is 0.661. The number of hydrogen-bond donors (Lipinski definition) is 1. The van der Waals surface area contributed by atoms with Gasteiger partial charge in [-0.3, -0.25) is 9.59 Å². The molecule has 1 N–H and O–H groups in total. The van der Waals surface area contributed by atoms with Crippen molar-refractivity contribution in [2.75, 3.05) is 17.8 Å². The number of anilines is 1. The first-order chi connectivity index (χ1) is 8.08. The van der Waals surface area contributed by atoms with Gasteiger partial charge in [-0.05, 0) is 36.8 Å². The van der Waals surface area contributed by atoms with Gasteiger partial charge in [0.25, 0.3) is 5.91 Å². The first-order valence-corrected chi connectivity index (χ1v) is 7.32. The van der Waals surface area contributed by atoms with E-state index in [-0.39, 0.29) is 5.82 Å². The maximum absolute atomic E-state index is 12.6. The highest BCUT2D eigenvalue weighted by Crippen LogP contribution is 2.20. The monoisotopic (exact) mass is 273 g/mol. The van der Waals surface area contributed by atoms with E-state index >= 15 is 0 Å². The van der Waals surface area contributed by atoms with E-state index < -0.39 is 16.3 Å². The van der Waals surface area contributed by atoms with Crippen molar-refractivity contribution < 1.29 is 14.0 Å². The molecule has 3 nitrogen and oxygen atoms in total. The third kappa shape index (κ3) is 4.05. The van der Waals surface area contributed by atoms with Crippen molar-refractivity contribution in [2.24, 2.45) is 0 Å². The summed E-state index contributed by atoms with van der Waals surface area (Å²) in [6.45, 7) is 0. The standard InChI is InChI=1S/C11H12FNO2S2/c1-16-11(17-2)9(14)10(15)13-8-5-3-7(12)4-6-8/h3-6,11H,1-2H3,(H,13,15). The van der Waals surface area contributed by atoms with Crippen LogP contribution in [-0.4, -0.2) is 28.8 Å². The van der Waals surface area contributed by atoms with E-state index in [9.17, 15) is 14.0 Å². The lowest BCUT2D eigenvalue weighted by Gasteiger charge is -2.10. The van der Waals surface area contributed by atoms with Crippen LogP contribution < -0.4 is 5.32 Å². The number of benzene rings is 1. The van der Waals surface area contributed by atoms with E-state index in [0.29, 0.717) is 5.69 Å². The minimum absolute atomic E-state index is 0.388. The van der Waals surface area contributed by atoms with E-state index in [1.807, 2.05) is 0 Å². The van der Waals surface area contributed by atoms with Crippen LogP contribution in [0.5, 0.6) is 0 Å². The molecule has 0 spiro atoms. The lowest BCUT2D eigenvalue weighted by molar-refractivity contribution is -0.133. The molecule has 0 radical (unpaired) electrons. The summed E-state index contributed by atoms with van der Waals surface area (Å²) in [5.74, 6) is -1.56. The summed E-state index contributed by atoms with van der Waals surface area (Å²) in [4.78, 5) is 23.2. The Morgan fingerprint density at radius 3 is 2.18 bits per heavy atom. The molecule has 6 heteroatoms. The van der Waals surface area contributed by atoms with Crippen LogP contribution in [0.15, 0.2) is 24.3 Å². The molecule has 1 rings (SSSR count). The van der Waals surface area contributed by atoms with Gasteiger partial charge in [0, 0.05) is 5.69 Å². The topological polar surface area (TPSA) is 46.2 Å². The second-order valence-corrected chi connectivity index (χ2v) is 5.31. The summed E-state index contributed by atoms with van der Waals surface area (Å²) in [5, 5.41) is 2.44. The van der Waals surface area contributed by atoms with Crippen LogP contribution in [0.4, 0.5) is 10.1 Å². The molecule has 1 aromatic rings. The van der Waals surface area contributed by atoms with Gasteiger partial charge in [0.2, 0.25) is 5.78 Å². The maximum Gasteiger partial charge on any atom is 0.293 e. The van der Waals surface area contributed by atoms with Gasteiger partial charge in [-0.1, -0.05) is 0 Å². The maximum atomic E-state index is 12.6. The van der Waals surface area contributed by atoms with Gasteiger partial charge in [-0.25, -0.2) is 4.39 Å². The molecule has 0 heterocycles. The average molecular weight is 273 g/mol. The predicted molar refractivity (Wildman–Crippen MR) is 70.9 cm³/mol. The highest BCUT2D eigenvalue weighted by Gasteiger charge is 2.23. The number of carbonyl (C=O) groups excluding carboxylic acids is 2. The zero-order chi connectivity index (χ0) is 12.8. The molecular weight excluding hydrogens is 261 g/mol. The molecule has 0 atom stereocenters. The van der Waals surface area contributed by atoms with Crippen LogP contribution in [-0.2, 0) is 9.59 Å². The Morgan fingerprint density at radius 1 is 1.18 bits per heavy atom. The number of rotatable bonds is 5. The van der Waals surface area contributed by atoms with Gasteiger partial charge in [0.1, 0.15) is 10.4 Å². The summed E-state index contributed by atoms with van der Waals surface area (Å²) >= 11 is 2.62. The molecule has 0 aliphatic rings. The fourth-order valence-corrected chi connectivity index (χ4v) is 2.56. The Kier molecular flexibility index (Phi) is 5.50. The van der Waals surface area contributed by atoms with Gasteiger partial charge in [-0.2, -0.15) is 0 Å². The fourth-order valence-electron chi connectivity index (χ4n) is 1.14. The molecular formula is C11H12FNO2S2. The normalized spacial score (nSPS) is 10.4. The van der Waals surface area contributed by atoms with E-state index in [1.165, 1.54) is 47.8 Å². The van der Waals surface area contributed by atoms with E-state index in [4.69, 9.17) is 0 Å². The van der Waals surface area contributed by atoms with Crippen LogP contribution in [0.25, 0.3) is 0 Å². The minimum atomic E-state index is -0.676. The SMILES string of the molecule is CSC(SC)C(=O)C(=O)Nc1ccc(F)cc1. The lowest BCUT2D eigenvalue weighted by atomic mass is 10.3. The van der Waals surface area contributed by atoms with Crippen molar-refractivity contribution in [2.45, 2.75) is 4.58 Å². The summed E-state index contributed by atoms with van der Waals surface area (Å²) < 4.78 is 12.2. The Hall–Kier alpha value is -1.01. The summed E-state index contributed by atoms with van der Waals surface area (Å²) in [7, 11) is 0. The summed E-state index contributed by atoms with van der Waals surface area (Å²) in [5.41, 5.74) is 0.408. The van der Waals surface area contributed by atoms with Gasteiger partial charge in [-0.15, -0.1) is 23.5 Å². The van der Waals surface area contributed by atoms with Crippen molar-refractivity contribution in [3.8, 4) is 0 Å². The van der Waals surface area contributed by atoms with Gasteiger partial charge in [0.15, 0.2) is 0 Å². The van der Waals surface area contributed by atoms with Crippen LogP contribution in [0.1, 0.15) is 0 Å². The largest absolute Gasteiger partial charge is 0.319 e. The van der Waals surface area contributed by atoms with Crippen LogP contribution in [0.3, 0.4) is 0 Å². The van der Waals surface area contributed by atoms with Crippen LogP contribution in [0, 0.1) is 5.82 Å². The molecule has 0 aliphatic carbocycles. The predicted octanol–water partition coefficient (Wildman–Crippen LogP) is 2.39.